The summed E-state index contributed by atoms with van der Waals surface area (Å²) >= 11 is 3.14. The Bertz CT molecular complexity index is 504. The zero-order valence-corrected chi connectivity index (χ0v) is 13.5. The summed E-state index contributed by atoms with van der Waals surface area (Å²) in [4.78, 5) is 23.5. The second kappa shape index (κ2) is 6.90. The van der Waals surface area contributed by atoms with Crippen molar-refractivity contribution >= 4 is 27.6 Å². The Balaban J connectivity index is 2.84. The highest BCUT2D eigenvalue weighted by atomic mass is 79.9. The van der Waals surface area contributed by atoms with Crippen LogP contribution in [0.3, 0.4) is 0 Å². The second-order valence-electron chi connectivity index (χ2n) is 4.72. The van der Waals surface area contributed by atoms with Gasteiger partial charge in [-0.25, -0.2) is 4.79 Å². The number of aliphatic hydroxyl groups excluding tert-OH is 1. The Labute approximate surface area is 126 Å². The quantitative estimate of drug-likeness (QED) is 0.761. The van der Waals surface area contributed by atoms with Gasteiger partial charge in [0.15, 0.2) is 0 Å². The van der Waals surface area contributed by atoms with Gasteiger partial charge in [-0.05, 0) is 34.8 Å². The topological polar surface area (TPSA) is 83.4 Å². The molecule has 7 heteroatoms. The molecule has 0 aromatic carbocycles. The lowest BCUT2D eigenvalue weighted by Crippen LogP contribution is -2.52. The maximum absolute atomic E-state index is 12.0. The number of aryl methyl sites for hydroxylation is 1. The van der Waals surface area contributed by atoms with Crippen LogP contribution in [0.4, 0.5) is 10.5 Å². The predicted molar refractivity (Wildman–Crippen MR) is 81.9 cm³/mol. The fraction of sp³-hybridized carbons (Fsp3) is 0.538. The van der Waals surface area contributed by atoms with Gasteiger partial charge in [0.25, 0.3) is 5.56 Å². The molecule has 1 heterocycles. The lowest BCUT2D eigenvalue weighted by atomic mass is 9.94. The first kappa shape index (κ1) is 16.7. The maximum Gasteiger partial charge on any atom is 0.319 e. The Morgan fingerprint density at radius 2 is 2.05 bits per heavy atom. The van der Waals surface area contributed by atoms with Crippen LogP contribution in [0.5, 0.6) is 0 Å². The number of rotatable bonds is 5. The average Bonchev–Trinajstić information content (AvgIpc) is 2.42. The molecule has 1 aromatic rings. The van der Waals surface area contributed by atoms with E-state index in [9.17, 15) is 14.7 Å². The van der Waals surface area contributed by atoms with E-state index in [-0.39, 0.29) is 12.2 Å². The van der Waals surface area contributed by atoms with Gasteiger partial charge in [0.1, 0.15) is 0 Å². The van der Waals surface area contributed by atoms with Gasteiger partial charge in [-0.15, -0.1) is 0 Å². The zero-order chi connectivity index (χ0) is 15.3. The molecule has 20 heavy (non-hydrogen) atoms. The monoisotopic (exact) mass is 345 g/mol. The minimum absolute atomic E-state index is 0.121. The number of nitrogens with zero attached hydrogens (tertiary/aromatic N) is 1. The smallest absolute Gasteiger partial charge is 0.319 e. The summed E-state index contributed by atoms with van der Waals surface area (Å²) in [6, 6.07) is 1.13. The maximum atomic E-state index is 12.0. The van der Waals surface area contributed by atoms with E-state index in [4.69, 9.17) is 0 Å². The van der Waals surface area contributed by atoms with Gasteiger partial charge in [0.2, 0.25) is 0 Å². The van der Waals surface area contributed by atoms with Crippen LogP contribution in [0, 0.1) is 0 Å². The highest BCUT2D eigenvalue weighted by molar-refractivity contribution is 9.10. The van der Waals surface area contributed by atoms with Crippen LogP contribution in [0.15, 0.2) is 21.5 Å². The summed E-state index contributed by atoms with van der Waals surface area (Å²) < 4.78 is 1.75. The second-order valence-corrected chi connectivity index (χ2v) is 5.57. The van der Waals surface area contributed by atoms with E-state index in [0.717, 1.165) is 0 Å². The fourth-order valence-corrected chi connectivity index (χ4v) is 2.36. The van der Waals surface area contributed by atoms with Gasteiger partial charge in [0.05, 0.1) is 22.3 Å². The van der Waals surface area contributed by atoms with Crippen molar-refractivity contribution in [1.82, 2.24) is 9.88 Å². The van der Waals surface area contributed by atoms with Crippen LogP contribution < -0.4 is 16.2 Å². The molecule has 0 unspecified atom stereocenters. The number of hydrogen-bond donors (Lipinski definition) is 3. The predicted octanol–water partition coefficient (Wildman–Crippen LogP) is 1.82. The molecule has 0 fully saturated rings. The number of amides is 2. The van der Waals surface area contributed by atoms with Crippen molar-refractivity contribution in [3.63, 3.8) is 0 Å². The first-order chi connectivity index (χ1) is 9.37. The molecule has 6 nitrogen and oxygen atoms in total. The van der Waals surface area contributed by atoms with Crippen LogP contribution in [-0.2, 0) is 7.05 Å². The Morgan fingerprint density at radius 1 is 1.45 bits per heavy atom. The van der Waals surface area contributed by atoms with Crippen molar-refractivity contribution in [2.45, 2.75) is 32.2 Å². The third-order valence-corrected chi connectivity index (χ3v) is 4.00. The summed E-state index contributed by atoms with van der Waals surface area (Å²) in [5.41, 5.74) is -0.305. The number of halogens is 1. The first-order valence-corrected chi connectivity index (χ1v) is 7.23. The SMILES string of the molecule is CCC(CC)(CO)NC(=O)Nc1cc(Br)c(=O)n(C)c1. The molecular weight excluding hydrogens is 326 g/mol. The molecule has 0 radical (unpaired) electrons. The number of anilines is 1. The molecule has 0 aliphatic carbocycles. The summed E-state index contributed by atoms with van der Waals surface area (Å²) in [6.07, 6.45) is 2.79. The van der Waals surface area contributed by atoms with Crippen molar-refractivity contribution in [1.29, 1.82) is 0 Å². The number of carbonyl (C=O) groups excluding carboxylic acids is 1. The summed E-state index contributed by atoms with van der Waals surface area (Å²) in [5.74, 6) is 0. The number of urea groups is 1. The minimum atomic E-state index is -0.623. The Kier molecular flexibility index (Phi) is 5.76. The normalized spacial score (nSPS) is 11.2. The molecule has 0 atom stereocenters. The standard InChI is InChI=1S/C13H20BrN3O3/c1-4-13(5-2,8-18)16-12(20)15-9-6-10(14)11(19)17(3)7-9/h6-7,18H,4-5,8H2,1-3H3,(H2,15,16,20). The van der Waals surface area contributed by atoms with Crippen LogP contribution in [-0.4, -0.2) is 27.9 Å². The van der Waals surface area contributed by atoms with E-state index >= 15 is 0 Å². The minimum Gasteiger partial charge on any atom is -0.394 e. The number of pyridine rings is 1. The van der Waals surface area contributed by atoms with Crippen LogP contribution >= 0.6 is 15.9 Å². The Hall–Kier alpha value is -1.34. The van der Waals surface area contributed by atoms with Crippen molar-refractivity contribution in [2.24, 2.45) is 7.05 Å². The summed E-state index contributed by atoms with van der Waals surface area (Å²) in [7, 11) is 1.60. The van der Waals surface area contributed by atoms with Crippen molar-refractivity contribution < 1.29 is 9.90 Å². The third kappa shape index (κ3) is 3.83. The molecule has 0 saturated heterocycles. The third-order valence-electron chi connectivity index (χ3n) is 3.43. The highest BCUT2D eigenvalue weighted by Crippen LogP contribution is 2.15. The van der Waals surface area contributed by atoms with Gasteiger partial charge in [-0.3, -0.25) is 4.79 Å². The fourth-order valence-electron chi connectivity index (χ4n) is 1.83. The van der Waals surface area contributed by atoms with E-state index in [0.29, 0.717) is 23.0 Å². The van der Waals surface area contributed by atoms with Gasteiger partial charge in [-0.1, -0.05) is 13.8 Å². The Morgan fingerprint density at radius 3 is 2.50 bits per heavy atom. The molecular formula is C13H20BrN3O3. The average molecular weight is 346 g/mol. The molecule has 0 spiro atoms. The molecule has 112 valence electrons. The number of carbonyl (C=O) groups is 1. The van der Waals surface area contributed by atoms with Crippen molar-refractivity contribution in [3.8, 4) is 0 Å². The lowest BCUT2D eigenvalue weighted by molar-refractivity contribution is 0.155. The van der Waals surface area contributed by atoms with Crippen LogP contribution in [0.2, 0.25) is 0 Å². The van der Waals surface area contributed by atoms with E-state index in [1.165, 1.54) is 10.8 Å². The molecule has 0 aliphatic heterocycles. The van der Waals surface area contributed by atoms with E-state index in [2.05, 4.69) is 26.6 Å². The van der Waals surface area contributed by atoms with E-state index in [1.54, 1.807) is 13.1 Å². The molecule has 0 bridgehead atoms. The first-order valence-electron chi connectivity index (χ1n) is 6.43. The highest BCUT2D eigenvalue weighted by Gasteiger charge is 2.27. The summed E-state index contributed by atoms with van der Waals surface area (Å²) in [6.45, 7) is 3.69. The van der Waals surface area contributed by atoms with Gasteiger partial charge in [-0.2, -0.15) is 0 Å². The number of aliphatic hydroxyl groups is 1. The van der Waals surface area contributed by atoms with E-state index in [1.807, 2.05) is 13.8 Å². The van der Waals surface area contributed by atoms with Crippen LogP contribution in [0.1, 0.15) is 26.7 Å². The van der Waals surface area contributed by atoms with Gasteiger partial charge >= 0.3 is 6.03 Å². The molecule has 2 amide bonds. The number of nitrogens with one attached hydrogen (secondary N) is 2. The zero-order valence-electron chi connectivity index (χ0n) is 11.9. The molecule has 1 aromatic heterocycles. The van der Waals surface area contributed by atoms with E-state index < -0.39 is 11.6 Å². The number of hydrogen-bond acceptors (Lipinski definition) is 3. The van der Waals surface area contributed by atoms with Crippen LogP contribution in [0.25, 0.3) is 0 Å². The van der Waals surface area contributed by atoms with Crippen molar-refractivity contribution in [2.75, 3.05) is 11.9 Å². The molecule has 0 aliphatic rings. The van der Waals surface area contributed by atoms with Gasteiger partial charge in [0, 0.05) is 13.2 Å². The largest absolute Gasteiger partial charge is 0.394 e. The molecule has 3 N–H and O–H groups in total. The molecule has 1 rings (SSSR count). The molecule has 0 saturated carbocycles. The van der Waals surface area contributed by atoms with Gasteiger partial charge < -0.3 is 20.3 Å². The van der Waals surface area contributed by atoms with Crippen molar-refractivity contribution in [3.05, 3.63) is 27.1 Å². The number of aromatic nitrogens is 1. The lowest BCUT2D eigenvalue weighted by Gasteiger charge is -2.30. The summed E-state index contributed by atoms with van der Waals surface area (Å²) in [5, 5.41) is 14.9.